The molecule has 0 amide bonds. The average Bonchev–Trinajstić information content (AvgIpc) is 2.83. The van der Waals surface area contributed by atoms with Gasteiger partial charge in [-0.3, -0.25) is 9.59 Å². The van der Waals surface area contributed by atoms with E-state index in [2.05, 4.69) is 0 Å². The molecule has 0 atom stereocenters. The molecule has 1 aliphatic carbocycles. The van der Waals surface area contributed by atoms with Gasteiger partial charge in [0.1, 0.15) is 12.4 Å². The van der Waals surface area contributed by atoms with Gasteiger partial charge in [0.05, 0.1) is 5.56 Å². The van der Waals surface area contributed by atoms with Gasteiger partial charge in [-0.15, -0.1) is 0 Å². The van der Waals surface area contributed by atoms with E-state index in [0.717, 1.165) is 16.7 Å². The molecule has 0 fully saturated rings. The highest BCUT2D eigenvalue weighted by Crippen LogP contribution is 2.35. The van der Waals surface area contributed by atoms with Crippen LogP contribution in [-0.4, -0.2) is 17.5 Å². The second-order valence-corrected chi connectivity index (χ2v) is 4.80. The number of fused-ring (bicyclic) bond motifs is 3. The molecule has 1 aromatic rings. The average molecular weight is 244 g/mol. The highest BCUT2D eigenvalue weighted by atomic mass is 16.5. The van der Waals surface area contributed by atoms with Crippen molar-refractivity contribution in [3.63, 3.8) is 0 Å². The Bertz CT molecular complexity index is 598. The number of benzene rings is 1. The molecule has 0 N–H and O–H groups in total. The van der Waals surface area contributed by atoms with E-state index in [1.165, 1.54) is 6.92 Å². The monoisotopic (exact) mass is 244 g/mol. The van der Waals surface area contributed by atoms with Crippen LogP contribution >= 0.6 is 0 Å². The summed E-state index contributed by atoms with van der Waals surface area (Å²) in [4.78, 5) is 34.9. The Morgan fingerprint density at radius 2 is 2.06 bits per heavy atom. The standard InChI is InChI=1S/C14H12O4/c1-7(15)4-8-5-9-6-18-14(17)12(9)13-10(8)2-3-11(13)16/h5H,2-4,6H2,1H3. The van der Waals surface area contributed by atoms with Crippen molar-refractivity contribution in [2.75, 3.05) is 0 Å². The Labute approximate surface area is 104 Å². The summed E-state index contributed by atoms with van der Waals surface area (Å²) >= 11 is 0. The van der Waals surface area contributed by atoms with Gasteiger partial charge in [0, 0.05) is 24.0 Å². The number of esters is 1. The largest absolute Gasteiger partial charge is 0.457 e. The van der Waals surface area contributed by atoms with E-state index < -0.39 is 5.97 Å². The summed E-state index contributed by atoms with van der Waals surface area (Å²) in [7, 11) is 0. The third-order valence-corrected chi connectivity index (χ3v) is 3.49. The fourth-order valence-corrected chi connectivity index (χ4v) is 2.79. The zero-order chi connectivity index (χ0) is 12.9. The van der Waals surface area contributed by atoms with E-state index in [9.17, 15) is 14.4 Å². The fraction of sp³-hybridized carbons (Fsp3) is 0.357. The van der Waals surface area contributed by atoms with Crippen LogP contribution in [0.5, 0.6) is 0 Å². The minimum absolute atomic E-state index is 0.00879. The van der Waals surface area contributed by atoms with E-state index in [4.69, 9.17) is 4.74 Å². The maximum Gasteiger partial charge on any atom is 0.339 e. The molecule has 4 nitrogen and oxygen atoms in total. The first-order valence-corrected chi connectivity index (χ1v) is 5.95. The van der Waals surface area contributed by atoms with Crippen molar-refractivity contribution in [1.82, 2.24) is 0 Å². The lowest BCUT2D eigenvalue weighted by atomic mass is 9.92. The van der Waals surface area contributed by atoms with Crippen molar-refractivity contribution in [2.45, 2.75) is 32.8 Å². The molecule has 0 bridgehead atoms. The van der Waals surface area contributed by atoms with Gasteiger partial charge in [0.2, 0.25) is 0 Å². The Morgan fingerprint density at radius 1 is 1.28 bits per heavy atom. The SMILES string of the molecule is CC(=O)Cc1cc2c(c3c1CCC3=O)C(=O)OC2. The van der Waals surface area contributed by atoms with Gasteiger partial charge in [-0.1, -0.05) is 6.07 Å². The molecular formula is C14H12O4. The van der Waals surface area contributed by atoms with Crippen LogP contribution in [-0.2, 0) is 29.0 Å². The zero-order valence-corrected chi connectivity index (χ0v) is 10.0. The number of carbonyl (C=O) groups excluding carboxylic acids is 3. The van der Waals surface area contributed by atoms with Gasteiger partial charge >= 0.3 is 5.97 Å². The topological polar surface area (TPSA) is 60.4 Å². The number of ketones is 2. The maximum atomic E-state index is 11.9. The Kier molecular flexibility index (Phi) is 2.33. The summed E-state index contributed by atoms with van der Waals surface area (Å²) in [5.41, 5.74) is 3.42. The van der Waals surface area contributed by atoms with Crippen molar-refractivity contribution in [3.05, 3.63) is 33.9 Å². The smallest absolute Gasteiger partial charge is 0.339 e. The van der Waals surface area contributed by atoms with Gasteiger partial charge in [-0.25, -0.2) is 4.79 Å². The minimum atomic E-state index is -0.411. The van der Waals surface area contributed by atoms with E-state index in [1.807, 2.05) is 6.07 Å². The Hall–Kier alpha value is -1.97. The summed E-state index contributed by atoms with van der Waals surface area (Å²) in [5.74, 6) is -0.363. The van der Waals surface area contributed by atoms with Crippen LogP contribution in [0.4, 0.5) is 0 Å². The number of rotatable bonds is 2. The number of ether oxygens (including phenoxy) is 1. The van der Waals surface area contributed by atoms with Gasteiger partial charge in [-0.2, -0.15) is 0 Å². The van der Waals surface area contributed by atoms with E-state index in [-0.39, 0.29) is 18.2 Å². The second-order valence-electron chi connectivity index (χ2n) is 4.80. The van der Waals surface area contributed by atoms with E-state index >= 15 is 0 Å². The van der Waals surface area contributed by atoms with Crippen molar-refractivity contribution in [3.8, 4) is 0 Å². The van der Waals surface area contributed by atoms with Crippen LogP contribution in [0.25, 0.3) is 0 Å². The third kappa shape index (κ3) is 1.49. The molecule has 18 heavy (non-hydrogen) atoms. The van der Waals surface area contributed by atoms with E-state index in [1.54, 1.807) is 0 Å². The summed E-state index contributed by atoms with van der Waals surface area (Å²) in [6.45, 7) is 1.73. The fourth-order valence-electron chi connectivity index (χ4n) is 2.79. The van der Waals surface area contributed by atoms with Crippen LogP contribution in [0, 0.1) is 0 Å². The highest BCUT2D eigenvalue weighted by Gasteiger charge is 2.34. The van der Waals surface area contributed by atoms with Gasteiger partial charge in [0.25, 0.3) is 0 Å². The van der Waals surface area contributed by atoms with Crippen molar-refractivity contribution in [1.29, 1.82) is 0 Å². The van der Waals surface area contributed by atoms with Crippen LogP contribution in [0.2, 0.25) is 0 Å². The summed E-state index contributed by atoms with van der Waals surface area (Å²) in [6, 6.07) is 1.85. The molecule has 0 radical (unpaired) electrons. The maximum absolute atomic E-state index is 11.9. The van der Waals surface area contributed by atoms with Crippen LogP contribution in [0.3, 0.4) is 0 Å². The number of cyclic esters (lactones) is 1. The van der Waals surface area contributed by atoms with Gasteiger partial charge in [0.15, 0.2) is 5.78 Å². The highest BCUT2D eigenvalue weighted by molar-refractivity contribution is 6.11. The van der Waals surface area contributed by atoms with Crippen molar-refractivity contribution >= 4 is 17.5 Å². The number of Topliss-reactive ketones (excluding diaryl/α,β-unsaturated/α-hetero) is 2. The predicted octanol–water partition coefficient (Wildman–Crippen LogP) is 1.62. The predicted molar refractivity (Wildman–Crippen MR) is 62.6 cm³/mol. The zero-order valence-electron chi connectivity index (χ0n) is 10.0. The third-order valence-electron chi connectivity index (χ3n) is 3.49. The van der Waals surface area contributed by atoms with Crippen LogP contribution < -0.4 is 0 Å². The quantitative estimate of drug-likeness (QED) is 0.742. The molecule has 1 aromatic carbocycles. The molecule has 1 heterocycles. The molecule has 4 heteroatoms. The molecule has 0 aromatic heterocycles. The van der Waals surface area contributed by atoms with Crippen LogP contribution in [0.15, 0.2) is 6.07 Å². The van der Waals surface area contributed by atoms with Crippen molar-refractivity contribution < 1.29 is 19.1 Å². The lowest BCUT2D eigenvalue weighted by molar-refractivity contribution is -0.116. The first-order valence-electron chi connectivity index (χ1n) is 5.95. The molecule has 0 saturated heterocycles. The minimum Gasteiger partial charge on any atom is -0.457 e. The van der Waals surface area contributed by atoms with E-state index in [0.29, 0.717) is 30.4 Å². The normalized spacial score (nSPS) is 16.5. The number of hydrogen-bond donors (Lipinski definition) is 0. The number of carbonyl (C=O) groups is 3. The lowest BCUT2D eigenvalue weighted by Gasteiger charge is -2.09. The second kappa shape index (κ2) is 3.77. The van der Waals surface area contributed by atoms with Crippen LogP contribution in [0.1, 0.15) is 50.8 Å². The molecule has 1 aliphatic heterocycles. The molecule has 92 valence electrons. The lowest BCUT2D eigenvalue weighted by Crippen LogP contribution is -2.08. The number of hydrogen-bond acceptors (Lipinski definition) is 4. The molecule has 0 unspecified atom stereocenters. The van der Waals surface area contributed by atoms with Gasteiger partial charge < -0.3 is 4.74 Å². The molecule has 0 saturated carbocycles. The summed E-state index contributed by atoms with van der Waals surface area (Å²) < 4.78 is 4.98. The summed E-state index contributed by atoms with van der Waals surface area (Å²) in [5, 5.41) is 0. The molecule has 3 rings (SSSR count). The molecule has 0 spiro atoms. The van der Waals surface area contributed by atoms with Gasteiger partial charge in [-0.05, 0) is 24.5 Å². The molecular weight excluding hydrogens is 232 g/mol. The first kappa shape index (κ1) is 11.1. The van der Waals surface area contributed by atoms with Crippen molar-refractivity contribution in [2.24, 2.45) is 0 Å². The Morgan fingerprint density at radius 3 is 2.78 bits per heavy atom. The Balaban J connectivity index is 2.24. The molecule has 2 aliphatic rings. The first-order chi connectivity index (χ1) is 8.58. The summed E-state index contributed by atoms with van der Waals surface area (Å²) in [6.07, 6.45) is 1.36.